The van der Waals surface area contributed by atoms with Crippen molar-refractivity contribution in [2.75, 3.05) is 26.2 Å². The zero-order valence-electron chi connectivity index (χ0n) is 46.0. The molecule has 2 fully saturated rings. The van der Waals surface area contributed by atoms with Gasteiger partial charge in [0.05, 0.1) is 34.9 Å². The topological polar surface area (TPSA) is 165 Å². The first-order chi connectivity index (χ1) is 35.2. The molecule has 16 nitrogen and oxygen atoms in total. The van der Waals surface area contributed by atoms with E-state index in [9.17, 15) is 9.59 Å². The molecule has 0 aliphatic carbocycles. The average Bonchev–Trinajstić information content (AvgIpc) is 3.96. The molecular weight excluding hydrogens is 1130 g/mol. The number of amides is 2. The molecule has 0 unspecified atom stereocenters. The Balaban J connectivity index is 0.000000301. The molecule has 0 radical (unpaired) electrons. The van der Waals surface area contributed by atoms with Crippen LogP contribution in [0.5, 0.6) is 23.3 Å². The number of halogens is 2. The maximum absolute atomic E-state index is 12.5. The Labute approximate surface area is 474 Å². The van der Waals surface area contributed by atoms with E-state index in [4.69, 9.17) is 28.9 Å². The standard InChI is InChI=1S/C28H37N5O3.C24H27Br2N5O3.2C2H5.Zn/c1-7-20-16-21(8-2)18-23(17-20)35-25-11-9-10-24(29-25)26-19(3)30-31-33(26)22-12-14-32(15-13-22)27(34)36-28(4,5)6;1-15-22(20-6-5-7-21(27-20)33-19-13-16(25)12-17(26)14-19)31(29-28-15)18-8-10-30(11-9-18)23(32)34-24(2,3)4;2*1-2;/h9-11,16-18,22H,7-8,12-15H2,1-6H3;5-7,12-14,18H,8-11H2,1-4H3;2*1H2,2H3;/q;;2*-1;+2. The maximum atomic E-state index is 12.5. The van der Waals surface area contributed by atoms with E-state index >= 15 is 0 Å². The fraction of sp³-hybridized carbons (Fsp3) is 0.464. The fourth-order valence-corrected chi connectivity index (χ4v) is 9.59. The average molecular weight is 1210 g/mol. The number of pyridine rings is 2. The van der Waals surface area contributed by atoms with E-state index in [0.717, 1.165) is 87.4 Å². The molecule has 2 amide bonds. The Morgan fingerprint density at radius 2 is 0.947 bits per heavy atom. The van der Waals surface area contributed by atoms with Gasteiger partial charge in [-0.15, -0.1) is 10.2 Å². The zero-order valence-corrected chi connectivity index (χ0v) is 52.1. The van der Waals surface area contributed by atoms with Crippen LogP contribution in [0, 0.1) is 27.7 Å². The van der Waals surface area contributed by atoms with Gasteiger partial charge in [0.2, 0.25) is 11.8 Å². The predicted molar refractivity (Wildman–Crippen MR) is 297 cm³/mol. The summed E-state index contributed by atoms with van der Waals surface area (Å²) in [4.78, 5) is 38.0. The minimum Gasteiger partial charge on any atom is -0.444 e. The normalized spacial score (nSPS) is 13.9. The number of benzene rings is 2. The summed E-state index contributed by atoms with van der Waals surface area (Å²) < 4.78 is 28.9. The first-order valence-corrected chi connectivity index (χ1v) is 26.9. The monoisotopic (exact) mass is 1200 g/mol. The van der Waals surface area contributed by atoms with Gasteiger partial charge in [0.25, 0.3) is 0 Å². The molecule has 400 valence electrons. The van der Waals surface area contributed by atoms with Gasteiger partial charge >= 0.3 is 31.7 Å². The molecule has 6 aromatic rings. The molecule has 8 rings (SSSR count). The van der Waals surface area contributed by atoms with Crippen LogP contribution in [0.3, 0.4) is 0 Å². The minimum atomic E-state index is -0.505. The van der Waals surface area contributed by atoms with Gasteiger partial charge < -0.3 is 42.6 Å². The van der Waals surface area contributed by atoms with Crippen LogP contribution in [0.4, 0.5) is 9.59 Å². The van der Waals surface area contributed by atoms with E-state index < -0.39 is 11.2 Å². The number of likely N-dealkylation sites (tertiary alicyclic amines) is 2. The van der Waals surface area contributed by atoms with Gasteiger partial charge in [0, 0.05) is 47.3 Å². The SMILES string of the molecule is CCc1cc(CC)cc(Oc2cccc(-c3c(C)nnn3C3CCN(C(=O)OC(C)(C)C)CC3)n2)c1.Cc1nnn(C2CCN(C(=O)OC(C)(C)C)CC2)c1-c1cccc(Oc2cc(Br)cc(Br)c2)n1.[CH2-]C.[CH2-]C.[Zn+2]. The zero-order chi connectivity index (χ0) is 54.3. The summed E-state index contributed by atoms with van der Waals surface area (Å²) in [6, 6.07) is 23.8. The summed E-state index contributed by atoms with van der Waals surface area (Å²) in [5.41, 5.74) is 6.35. The van der Waals surface area contributed by atoms with E-state index in [0.29, 0.717) is 43.7 Å². The number of rotatable bonds is 10. The van der Waals surface area contributed by atoms with Crippen LogP contribution in [-0.4, -0.2) is 99.3 Å². The van der Waals surface area contributed by atoms with E-state index in [1.807, 2.05) is 119 Å². The smallest absolute Gasteiger partial charge is 0.444 e. The third-order valence-corrected chi connectivity index (χ3v) is 12.6. The molecule has 0 saturated carbocycles. The number of nitrogens with zero attached hydrogens (tertiary/aromatic N) is 10. The number of hydrogen-bond donors (Lipinski definition) is 0. The van der Waals surface area contributed by atoms with Gasteiger partial charge in [-0.1, -0.05) is 74.3 Å². The third kappa shape index (κ3) is 17.9. The Kier molecular flexibility index (Phi) is 23.9. The Morgan fingerprint density at radius 1 is 0.587 bits per heavy atom. The third-order valence-electron chi connectivity index (χ3n) is 11.7. The largest absolute Gasteiger partial charge is 2.00 e. The van der Waals surface area contributed by atoms with Gasteiger partial charge in [-0.2, -0.15) is 13.8 Å². The van der Waals surface area contributed by atoms with E-state index in [2.05, 4.69) is 98.4 Å². The van der Waals surface area contributed by atoms with Crippen molar-refractivity contribution in [2.24, 2.45) is 0 Å². The molecule has 0 atom stereocenters. The van der Waals surface area contributed by atoms with Crippen LogP contribution >= 0.6 is 31.9 Å². The number of aryl methyl sites for hydroxylation is 4. The molecule has 2 saturated heterocycles. The second kappa shape index (κ2) is 28.8. The molecule has 19 heteroatoms. The Hall–Kier alpha value is -5.26. The summed E-state index contributed by atoms with van der Waals surface area (Å²) in [6.07, 6.45) is 4.44. The number of piperidine rings is 2. The quantitative estimate of drug-likeness (QED) is 0.0943. The summed E-state index contributed by atoms with van der Waals surface area (Å²) in [5.74, 6) is 2.49. The second-order valence-electron chi connectivity index (χ2n) is 19.6. The van der Waals surface area contributed by atoms with Crippen LogP contribution in [0.15, 0.2) is 81.7 Å². The molecule has 75 heavy (non-hydrogen) atoms. The van der Waals surface area contributed by atoms with Crippen molar-refractivity contribution in [3.63, 3.8) is 0 Å². The molecule has 0 spiro atoms. The molecule has 2 aliphatic heterocycles. The van der Waals surface area contributed by atoms with Crippen molar-refractivity contribution in [1.29, 1.82) is 0 Å². The van der Waals surface area contributed by atoms with Gasteiger partial charge in [0.15, 0.2) is 0 Å². The van der Waals surface area contributed by atoms with Gasteiger partial charge in [-0.3, -0.25) is 0 Å². The summed E-state index contributed by atoms with van der Waals surface area (Å²) in [5, 5.41) is 17.6. The van der Waals surface area contributed by atoms with E-state index in [1.165, 1.54) is 11.1 Å². The summed E-state index contributed by atoms with van der Waals surface area (Å²) in [6.45, 7) is 31.9. The van der Waals surface area contributed by atoms with Crippen molar-refractivity contribution < 1.29 is 48.0 Å². The van der Waals surface area contributed by atoms with E-state index in [-0.39, 0.29) is 43.7 Å². The fourth-order valence-electron chi connectivity index (χ4n) is 8.33. The Morgan fingerprint density at radius 3 is 1.29 bits per heavy atom. The van der Waals surface area contributed by atoms with Crippen molar-refractivity contribution in [2.45, 2.75) is 145 Å². The van der Waals surface area contributed by atoms with Crippen LogP contribution in [0.1, 0.15) is 130 Å². The predicted octanol–water partition coefficient (Wildman–Crippen LogP) is 14.4. The number of carbonyl (C=O) groups is 2. The first-order valence-electron chi connectivity index (χ1n) is 25.4. The van der Waals surface area contributed by atoms with Gasteiger partial charge in [-0.05, 0) is 148 Å². The van der Waals surface area contributed by atoms with Crippen molar-refractivity contribution >= 4 is 44.0 Å². The van der Waals surface area contributed by atoms with Gasteiger partial charge in [0.1, 0.15) is 34.1 Å². The van der Waals surface area contributed by atoms with Crippen molar-refractivity contribution in [1.82, 2.24) is 49.8 Å². The van der Waals surface area contributed by atoms with Crippen LogP contribution < -0.4 is 9.47 Å². The van der Waals surface area contributed by atoms with E-state index in [1.54, 1.807) is 23.6 Å². The molecule has 0 N–H and O–H groups in total. The number of aromatic nitrogens is 8. The number of carbonyl (C=O) groups excluding carboxylic acids is 2. The van der Waals surface area contributed by atoms with Crippen molar-refractivity contribution in [3.8, 4) is 46.0 Å². The molecule has 2 aromatic carbocycles. The van der Waals surface area contributed by atoms with Crippen LogP contribution in [0.25, 0.3) is 22.8 Å². The Bertz CT molecular complexity index is 2730. The first kappa shape index (κ1) is 62.3. The molecule has 2 aliphatic rings. The summed E-state index contributed by atoms with van der Waals surface area (Å²) in [7, 11) is 0. The van der Waals surface area contributed by atoms with Crippen LogP contribution in [-0.2, 0) is 41.8 Å². The second-order valence-corrected chi connectivity index (χ2v) is 21.4. The van der Waals surface area contributed by atoms with Gasteiger partial charge in [-0.25, -0.2) is 28.9 Å². The van der Waals surface area contributed by atoms with Crippen LogP contribution in [0.2, 0.25) is 0 Å². The molecule has 6 heterocycles. The maximum Gasteiger partial charge on any atom is 2.00 e. The molecule has 4 aromatic heterocycles. The molecule has 0 bridgehead atoms. The number of hydrogen-bond acceptors (Lipinski definition) is 12. The minimum absolute atomic E-state index is 0. The van der Waals surface area contributed by atoms with Crippen molar-refractivity contribution in [3.05, 3.63) is 118 Å². The molecular formula is C56H74Br2N10O6Zn. The summed E-state index contributed by atoms with van der Waals surface area (Å²) >= 11 is 6.96. The number of ether oxygens (including phenoxy) is 4.